The Labute approximate surface area is 76.9 Å². The zero-order valence-corrected chi connectivity index (χ0v) is 8.30. The Morgan fingerprint density at radius 3 is 2.15 bits per heavy atom. The smallest absolute Gasteiger partial charge is 0.334 e. The molecule has 1 atom stereocenters. The summed E-state index contributed by atoms with van der Waals surface area (Å²) in [6, 6.07) is 0. The summed E-state index contributed by atoms with van der Waals surface area (Å²) in [4.78, 5) is 10.7. The SMILES string of the molecule is C=C(C)C(=O)OC(C)S(=O)(=O)O.N. The predicted octanol–water partition coefficient (Wildman–Crippen LogP) is 0.501. The molecule has 0 aromatic carbocycles. The second-order valence-corrected chi connectivity index (χ2v) is 3.96. The highest BCUT2D eigenvalue weighted by atomic mass is 32.2. The monoisotopic (exact) mass is 211 g/mol. The van der Waals surface area contributed by atoms with E-state index in [1.165, 1.54) is 6.92 Å². The fraction of sp³-hybridized carbons (Fsp3) is 0.500. The van der Waals surface area contributed by atoms with Crippen LogP contribution in [0, 0.1) is 0 Å². The van der Waals surface area contributed by atoms with Crippen LogP contribution in [0.5, 0.6) is 0 Å². The number of hydrogen-bond acceptors (Lipinski definition) is 5. The van der Waals surface area contributed by atoms with Gasteiger partial charge in [0.15, 0.2) is 0 Å². The van der Waals surface area contributed by atoms with Gasteiger partial charge in [0, 0.05) is 5.57 Å². The lowest BCUT2D eigenvalue weighted by Crippen LogP contribution is -2.23. The molecule has 4 N–H and O–H groups in total. The molecule has 0 bridgehead atoms. The first-order valence-corrected chi connectivity index (χ1v) is 4.58. The zero-order valence-electron chi connectivity index (χ0n) is 7.48. The van der Waals surface area contributed by atoms with Crippen molar-refractivity contribution >= 4 is 16.1 Å². The highest BCUT2D eigenvalue weighted by Crippen LogP contribution is 2.03. The van der Waals surface area contributed by atoms with Gasteiger partial charge in [-0.25, -0.2) is 4.79 Å². The summed E-state index contributed by atoms with van der Waals surface area (Å²) >= 11 is 0. The Morgan fingerprint density at radius 2 is 1.92 bits per heavy atom. The Kier molecular flexibility index (Phi) is 5.56. The standard InChI is InChI=1S/C6H10O5S.H3N/c1-4(2)6(7)11-5(3)12(8,9)10;/h5H,1H2,2-3H3,(H,8,9,10);1H3. The van der Waals surface area contributed by atoms with Crippen molar-refractivity contribution in [3.63, 3.8) is 0 Å². The number of rotatable bonds is 3. The lowest BCUT2D eigenvalue weighted by Gasteiger charge is -2.08. The molecule has 0 aliphatic carbocycles. The van der Waals surface area contributed by atoms with Gasteiger partial charge < -0.3 is 10.9 Å². The summed E-state index contributed by atoms with van der Waals surface area (Å²) in [5, 5.41) is 0. The van der Waals surface area contributed by atoms with Crippen molar-refractivity contribution in [1.82, 2.24) is 6.15 Å². The van der Waals surface area contributed by atoms with Crippen molar-refractivity contribution < 1.29 is 22.5 Å². The van der Waals surface area contributed by atoms with Crippen molar-refractivity contribution in [2.45, 2.75) is 19.3 Å². The minimum Gasteiger partial charge on any atom is -0.440 e. The summed E-state index contributed by atoms with van der Waals surface area (Å²) in [5.41, 5.74) is -1.48. The molecule has 0 rings (SSSR count). The lowest BCUT2D eigenvalue weighted by atomic mass is 10.4. The molecular weight excluding hydrogens is 198 g/mol. The molecule has 0 aliphatic rings. The quantitative estimate of drug-likeness (QED) is 0.399. The fourth-order valence-corrected chi connectivity index (χ4v) is 0.521. The lowest BCUT2D eigenvalue weighted by molar-refractivity contribution is -0.140. The van der Waals surface area contributed by atoms with Crippen LogP contribution in [0.4, 0.5) is 0 Å². The van der Waals surface area contributed by atoms with Crippen LogP contribution in [-0.4, -0.2) is 24.4 Å². The molecule has 13 heavy (non-hydrogen) atoms. The van der Waals surface area contributed by atoms with E-state index in [9.17, 15) is 13.2 Å². The van der Waals surface area contributed by atoms with Crippen molar-refractivity contribution in [3.05, 3.63) is 12.2 Å². The molecule has 6 nitrogen and oxygen atoms in total. The molecule has 0 amide bonds. The average molecular weight is 211 g/mol. The first-order valence-electron chi connectivity index (χ1n) is 3.08. The van der Waals surface area contributed by atoms with Crippen LogP contribution in [0.2, 0.25) is 0 Å². The molecule has 0 aromatic heterocycles. The largest absolute Gasteiger partial charge is 0.440 e. The van der Waals surface area contributed by atoms with Gasteiger partial charge in [0.2, 0.25) is 5.44 Å². The van der Waals surface area contributed by atoms with Gasteiger partial charge in [0.25, 0.3) is 0 Å². The Bertz CT molecular complexity index is 294. The predicted molar refractivity (Wildman–Crippen MR) is 46.9 cm³/mol. The molecule has 0 spiro atoms. The van der Waals surface area contributed by atoms with Crippen molar-refractivity contribution in [2.24, 2.45) is 0 Å². The van der Waals surface area contributed by atoms with Gasteiger partial charge >= 0.3 is 16.1 Å². The second kappa shape index (κ2) is 4.95. The molecule has 0 saturated carbocycles. The number of carbonyl (C=O) groups is 1. The third-order valence-corrected chi connectivity index (χ3v) is 1.98. The molecule has 0 saturated heterocycles. The van der Waals surface area contributed by atoms with Crippen LogP contribution in [0.3, 0.4) is 0 Å². The van der Waals surface area contributed by atoms with E-state index in [2.05, 4.69) is 11.3 Å². The maximum atomic E-state index is 10.7. The van der Waals surface area contributed by atoms with Crippen molar-refractivity contribution in [1.29, 1.82) is 0 Å². The summed E-state index contributed by atoms with van der Waals surface area (Å²) in [6.07, 6.45) is 0. The number of esters is 1. The van der Waals surface area contributed by atoms with Gasteiger partial charge in [-0.05, 0) is 13.8 Å². The highest BCUT2D eigenvalue weighted by Gasteiger charge is 2.21. The molecule has 0 heterocycles. The van der Waals surface area contributed by atoms with E-state index in [1.54, 1.807) is 0 Å². The first-order chi connectivity index (χ1) is 5.25. The van der Waals surface area contributed by atoms with Gasteiger partial charge in [0.1, 0.15) is 0 Å². The topological polar surface area (TPSA) is 116 Å². The maximum Gasteiger partial charge on any atom is 0.334 e. The van der Waals surface area contributed by atoms with Gasteiger partial charge in [-0.2, -0.15) is 8.42 Å². The summed E-state index contributed by atoms with van der Waals surface area (Å²) in [5.74, 6) is -0.847. The van der Waals surface area contributed by atoms with Crippen molar-refractivity contribution in [3.8, 4) is 0 Å². The molecule has 0 radical (unpaired) electrons. The van der Waals surface area contributed by atoms with Crippen LogP contribution in [-0.2, 0) is 19.6 Å². The minimum absolute atomic E-state index is 0. The minimum atomic E-state index is -4.32. The van der Waals surface area contributed by atoms with E-state index in [1.807, 2.05) is 0 Å². The van der Waals surface area contributed by atoms with E-state index >= 15 is 0 Å². The number of ether oxygens (including phenoxy) is 1. The molecule has 0 aliphatic heterocycles. The molecule has 7 heteroatoms. The van der Waals surface area contributed by atoms with E-state index in [0.29, 0.717) is 0 Å². The number of hydrogen-bond donors (Lipinski definition) is 2. The Morgan fingerprint density at radius 1 is 1.54 bits per heavy atom. The third-order valence-electron chi connectivity index (χ3n) is 1.04. The molecule has 0 fully saturated rings. The molecule has 0 aromatic rings. The first kappa shape index (κ1) is 14.6. The molecular formula is C6H13NO5S. The Hall–Kier alpha value is -0.920. The van der Waals surface area contributed by atoms with Gasteiger partial charge in [-0.15, -0.1) is 0 Å². The molecule has 1 unspecified atom stereocenters. The van der Waals surface area contributed by atoms with E-state index in [-0.39, 0.29) is 11.7 Å². The van der Waals surface area contributed by atoms with Gasteiger partial charge in [0.05, 0.1) is 0 Å². The second-order valence-electron chi connectivity index (χ2n) is 2.27. The normalized spacial score (nSPS) is 12.5. The van der Waals surface area contributed by atoms with Gasteiger partial charge in [-0.3, -0.25) is 4.55 Å². The maximum absolute atomic E-state index is 10.7. The Balaban J connectivity index is 0. The summed E-state index contributed by atoms with van der Waals surface area (Å²) < 4.78 is 33.4. The van der Waals surface area contributed by atoms with E-state index in [4.69, 9.17) is 4.55 Å². The van der Waals surface area contributed by atoms with Crippen LogP contribution in [0.1, 0.15) is 13.8 Å². The van der Waals surface area contributed by atoms with E-state index in [0.717, 1.165) is 6.92 Å². The molecule has 78 valence electrons. The fourth-order valence-electron chi connectivity index (χ4n) is 0.312. The van der Waals surface area contributed by atoms with Crippen LogP contribution in [0.25, 0.3) is 0 Å². The van der Waals surface area contributed by atoms with E-state index < -0.39 is 21.5 Å². The zero-order chi connectivity index (χ0) is 9.94. The van der Waals surface area contributed by atoms with Crippen LogP contribution < -0.4 is 6.15 Å². The van der Waals surface area contributed by atoms with Gasteiger partial charge in [-0.1, -0.05) is 6.58 Å². The summed E-state index contributed by atoms with van der Waals surface area (Å²) in [6.45, 7) is 5.66. The summed E-state index contributed by atoms with van der Waals surface area (Å²) in [7, 11) is -4.32. The van der Waals surface area contributed by atoms with Crippen LogP contribution >= 0.6 is 0 Å². The van der Waals surface area contributed by atoms with Crippen LogP contribution in [0.15, 0.2) is 12.2 Å². The average Bonchev–Trinajstić information content (AvgIpc) is 1.85. The third kappa shape index (κ3) is 5.34. The number of carbonyl (C=O) groups excluding carboxylic acids is 1. The van der Waals surface area contributed by atoms with Crippen molar-refractivity contribution in [2.75, 3.05) is 0 Å². The highest BCUT2D eigenvalue weighted by molar-refractivity contribution is 7.86.